The van der Waals surface area contributed by atoms with Gasteiger partial charge in [0.25, 0.3) is 0 Å². The number of hydrogen-bond donors (Lipinski definition) is 1. The fourth-order valence-electron chi connectivity index (χ4n) is 1.94. The normalized spacial score (nSPS) is 11.9. The van der Waals surface area contributed by atoms with Gasteiger partial charge in [0, 0.05) is 12.1 Å². The third kappa shape index (κ3) is 2.64. The molecular weight excluding hydrogens is 220 g/mol. The maximum absolute atomic E-state index is 4.30. The van der Waals surface area contributed by atoms with Crippen molar-refractivity contribution in [1.29, 1.82) is 0 Å². The molecule has 0 saturated heterocycles. The second kappa shape index (κ2) is 5.17. The number of nitrogens with zero attached hydrogens (tertiary/aromatic N) is 1. The summed E-state index contributed by atoms with van der Waals surface area (Å²) >= 11 is 0. The molecule has 16 heavy (non-hydrogen) atoms. The lowest BCUT2D eigenvalue weighted by atomic mass is 9.95. The van der Waals surface area contributed by atoms with Crippen molar-refractivity contribution < 1.29 is 0 Å². The molecule has 0 aliphatic rings. The minimum atomic E-state index is 0. The van der Waals surface area contributed by atoms with E-state index in [-0.39, 0.29) is 12.4 Å². The summed E-state index contributed by atoms with van der Waals surface area (Å²) in [7, 11) is 0. The van der Waals surface area contributed by atoms with E-state index in [1.165, 1.54) is 16.7 Å². The van der Waals surface area contributed by atoms with Crippen molar-refractivity contribution in [1.82, 2.24) is 9.97 Å². The van der Waals surface area contributed by atoms with E-state index < -0.39 is 0 Å². The van der Waals surface area contributed by atoms with Gasteiger partial charge in [-0.1, -0.05) is 36.2 Å². The minimum absolute atomic E-state index is 0. The first-order chi connectivity index (χ1) is 7.16. The highest BCUT2D eigenvalue weighted by molar-refractivity contribution is 5.85. The molecule has 1 aromatic carbocycles. The Balaban J connectivity index is 0.00000128. The van der Waals surface area contributed by atoms with Gasteiger partial charge in [0.15, 0.2) is 0 Å². The molecule has 0 saturated carbocycles. The number of benzene rings is 1. The van der Waals surface area contributed by atoms with Crippen molar-refractivity contribution in [3.63, 3.8) is 0 Å². The summed E-state index contributed by atoms with van der Waals surface area (Å²) in [5.74, 6) is 0.356. The Morgan fingerprint density at radius 2 is 1.75 bits per heavy atom. The third-order valence-corrected chi connectivity index (χ3v) is 2.71. The van der Waals surface area contributed by atoms with Gasteiger partial charge in [0.05, 0.1) is 12.0 Å². The molecule has 0 amide bonds. The number of rotatable bonds is 2. The topological polar surface area (TPSA) is 28.7 Å². The molecular formula is C13H17ClN2. The number of H-pyrrole nitrogens is 1. The number of imidazole rings is 1. The first-order valence-electron chi connectivity index (χ1n) is 5.23. The first kappa shape index (κ1) is 12.8. The highest BCUT2D eigenvalue weighted by atomic mass is 35.5. The van der Waals surface area contributed by atoms with Crippen LogP contribution in [0.5, 0.6) is 0 Å². The fourth-order valence-corrected chi connectivity index (χ4v) is 1.94. The van der Waals surface area contributed by atoms with E-state index >= 15 is 0 Å². The molecule has 0 unspecified atom stereocenters. The summed E-state index contributed by atoms with van der Waals surface area (Å²) in [5, 5.41) is 0. The molecule has 0 radical (unpaired) electrons. The van der Waals surface area contributed by atoms with Crippen molar-refractivity contribution in [2.45, 2.75) is 26.7 Å². The zero-order valence-corrected chi connectivity index (χ0v) is 10.6. The lowest BCUT2D eigenvalue weighted by molar-refractivity contribution is 0.879. The summed E-state index contributed by atoms with van der Waals surface area (Å²) in [6.45, 7) is 6.45. The third-order valence-electron chi connectivity index (χ3n) is 2.71. The predicted octanol–water partition coefficient (Wildman–Crippen LogP) is 3.60. The monoisotopic (exact) mass is 236 g/mol. The molecule has 1 N–H and O–H groups in total. The van der Waals surface area contributed by atoms with Gasteiger partial charge in [-0.2, -0.15) is 0 Å². The highest BCUT2D eigenvalue weighted by Gasteiger charge is 2.10. The van der Waals surface area contributed by atoms with Gasteiger partial charge in [-0.05, 0) is 19.4 Å². The zero-order chi connectivity index (χ0) is 10.8. The van der Waals surface area contributed by atoms with Crippen LogP contribution in [0.15, 0.2) is 30.7 Å². The summed E-state index contributed by atoms with van der Waals surface area (Å²) < 4.78 is 0. The van der Waals surface area contributed by atoms with Gasteiger partial charge in [-0.15, -0.1) is 12.4 Å². The van der Waals surface area contributed by atoms with E-state index in [0.717, 1.165) is 5.69 Å². The van der Waals surface area contributed by atoms with Crippen LogP contribution in [0, 0.1) is 13.8 Å². The molecule has 2 rings (SSSR count). The van der Waals surface area contributed by atoms with Gasteiger partial charge in [-0.3, -0.25) is 0 Å². The largest absolute Gasteiger partial charge is 0.351 e. The lowest BCUT2D eigenvalue weighted by Gasteiger charge is -2.11. The molecule has 1 aromatic heterocycles. The average molecular weight is 237 g/mol. The van der Waals surface area contributed by atoms with Crippen LogP contribution < -0.4 is 0 Å². The maximum Gasteiger partial charge on any atom is 0.0923 e. The van der Waals surface area contributed by atoms with E-state index in [9.17, 15) is 0 Å². The van der Waals surface area contributed by atoms with Crippen molar-refractivity contribution in [3.05, 3.63) is 53.1 Å². The number of hydrogen-bond acceptors (Lipinski definition) is 1. The zero-order valence-electron chi connectivity index (χ0n) is 9.82. The Kier molecular flexibility index (Phi) is 4.13. The smallest absolute Gasteiger partial charge is 0.0923 e. The van der Waals surface area contributed by atoms with Gasteiger partial charge in [-0.25, -0.2) is 4.98 Å². The van der Waals surface area contributed by atoms with Crippen LogP contribution in [0.4, 0.5) is 0 Å². The summed E-state index contributed by atoms with van der Waals surface area (Å²) in [5.41, 5.74) is 5.05. The van der Waals surface area contributed by atoms with Gasteiger partial charge >= 0.3 is 0 Å². The van der Waals surface area contributed by atoms with Gasteiger partial charge < -0.3 is 4.98 Å². The second-order valence-corrected chi connectivity index (χ2v) is 4.14. The number of nitrogens with one attached hydrogen (secondary N) is 1. The molecule has 0 aliphatic carbocycles. The molecule has 1 atom stereocenters. The fraction of sp³-hybridized carbons (Fsp3) is 0.308. The average Bonchev–Trinajstić information content (AvgIpc) is 2.67. The molecule has 0 spiro atoms. The molecule has 0 aliphatic heterocycles. The Morgan fingerprint density at radius 1 is 1.12 bits per heavy atom. The number of aromatic nitrogens is 2. The standard InChI is InChI=1S/C13H16N2.ClH/c1-9-4-10(2)6-12(5-9)11(3)13-7-14-8-15-13;/h4-8,11H,1-3H3,(H,14,15);1H/t11-;/m0./s1. The second-order valence-electron chi connectivity index (χ2n) is 4.14. The molecule has 86 valence electrons. The van der Waals surface area contributed by atoms with Crippen LogP contribution in [-0.4, -0.2) is 9.97 Å². The van der Waals surface area contributed by atoms with Crippen LogP contribution in [0.2, 0.25) is 0 Å². The van der Waals surface area contributed by atoms with E-state index in [2.05, 4.69) is 48.9 Å². The summed E-state index contributed by atoms with van der Waals surface area (Å²) in [4.78, 5) is 7.29. The SMILES string of the molecule is Cc1cc(C)cc([C@H](C)c2c[nH]cn2)c1.Cl. The van der Waals surface area contributed by atoms with Crippen LogP contribution in [0.1, 0.15) is 35.2 Å². The van der Waals surface area contributed by atoms with Crippen molar-refractivity contribution in [2.75, 3.05) is 0 Å². The van der Waals surface area contributed by atoms with Crippen molar-refractivity contribution in [2.24, 2.45) is 0 Å². The van der Waals surface area contributed by atoms with Gasteiger partial charge in [0.2, 0.25) is 0 Å². The Bertz CT molecular complexity index is 429. The van der Waals surface area contributed by atoms with Crippen LogP contribution >= 0.6 is 12.4 Å². The van der Waals surface area contributed by atoms with Crippen LogP contribution in [-0.2, 0) is 0 Å². The summed E-state index contributed by atoms with van der Waals surface area (Å²) in [6.07, 6.45) is 3.69. The van der Waals surface area contributed by atoms with Crippen LogP contribution in [0.25, 0.3) is 0 Å². The number of aromatic amines is 1. The van der Waals surface area contributed by atoms with Crippen molar-refractivity contribution in [3.8, 4) is 0 Å². The lowest BCUT2D eigenvalue weighted by Crippen LogP contribution is -1.97. The predicted molar refractivity (Wildman–Crippen MR) is 69.3 cm³/mol. The highest BCUT2D eigenvalue weighted by Crippen LogP contribution is 2.23. The van der Waals surface area contributed by atoms with Crippen molar-refractivity contribution >= 4 is 12.4 Å². The summed E-state index contributed by atoms with van der Waals surface area (Å²) in [6, 6.07) is 6.65. The molecule has 2 nitrogen and oxygen atoms in total. The van der Waals surface area contributed by atoms with Crippen LogP contribution in [0.3, 0.4) is 0 Å². The molecule has 0 bridgehead atoms. The van der Waals surface area contributed by atoms with E-state index in [1.807, 2.05) is 6.20 Å². The van der Waals surface area contributed by atoms with E-state index in [1.54, 1.807) is 6.33 Å². The molecule has 1 heterocycles. The molecule has 2 aromatic rings. The first-order valence-corrected chi connectivity index (χ1v) is 5.23. The molecule has 3 heteroatoms. The minimum Gasteiger partial charge on any atom is -0.351 e. The Morgan fingerprint density at radius 3 is 2.25 bits per heavy atom. The van der Waals surface area contributed by atoms with E-state index in [0.29, 0.717) is 5.92 Å². The Labute approximate surface area is 103 Å². The number of halogens is 1. The molecule has 0 fully saturated rings. The van der Waals surface area contributed by atoms with E-state index in [4.69, 9.17) is 0 Å². The van der Waals surface area contributed by atoms with Gasteiger partial charge in [0.1, 0.15) is 0 Å². The quantitative estimate of drug-likeness (QED) is 0.848. The number of aryl methyl sites for hydroxylation is 2. The maximum atomic E-state index is 4.30. The Hall–Kier alpha value is -1.28.